The second-order valence-electron chi connectivity index (χ2n) is 8.33. The maximum atomic E-state index is 6.75. The molecule has 30 heavy (non-hydrogen) atoms. The third-order valence-corrected chi connectivity index (χ3v) is 7.40. The van der Waals surface area contributed by atoms with Crippen LogP contribution in [-0.2, 0) is 6.54 Å². The number of hydrogen-bond acceptors (Lipinski definition) is 5. The topological polar surface area (TPSA) is 27.7 Å². The van der Waals surface area contributed by atoms with Crippen molar-refractivity contribution in [2.24, 2.45) is 0 Å². The summed E-state index contributed by atoms with van der Waals surface area (Å²) in [5.74, 6) is 1.03. The minimum absolute atomic E-state index is 0.202. The van der Waals surface area contributed by atoms with Crippen LogP contribution in [-0.4, -0.2) is 28.7 Å². The maximum absolute atomic E-state index is 6.75. The van der Waals surface area contributed by atoms with Gasteiger partial charge in [0.2, 0.25) is 0 Å². The van der Waals surface area contributed by atoms with Crippen LogP contribution < -0.4 is 10.2 Å². The quantitative estimate of drug-likeness (QED) is 0.649. The van der Waals surface area contributed by atoms with Crippen LogP contribution in [0.25, 0.3) is 5.70 Å². The maximum Gasteiger partial charge on any atom is 0.182 e. The molecule has 1 N–H and O–H groups in total. The van der Waals surface area contributed by atoms with Crippen LogP contribution in [0.3, 0.4) is 0 Å². The number of piperidine rings is 1. The van der Waals surface area contributed by atoms with Gasteiger partial charge in [0, 0.05) is 38.0 Å². The van der Waals surface area contributed by atoms with Crippen molar-refractivity contribution < 1.29 is 4.74 Å². The van der Waals surface area contributed by atoms with Crippen molar-refractivity contribution in [3.8, 4) is 5.75 Å². The van der Waals surface area contributed by atoms with Crippen molar-refractivity contribution >= 4 is 17.0 Å². The first-order valence-corrected chi connectivity index (χ1v) is 11.5. The summed E-state index contributed by atoms with van der Waals surface area (Å²) in [5.41, 5.74) is 7.22. The van der Waals surface area contributed by atoms with E-state index in [1.54, 1.807) is 11.3 Å². The summed E-state index contributed by atoms with van der Waals surface area (Å²) in [6, 6.07) is 23.8. The summed E-state index contributed by atoms with van der Waals surface area (Å²) < 4.78 is 6.75. The van der Waals surface area contributed by atoms with Gasteiger partial charge < -0.3 is 10.2 Å². The third kappa shape index (κ3) is 3.05. The Hall–Kier alpha value is -2.60. The predicted molar refractivity (Wildman–Crippen MR) is 121 cm³/mol. The van der Waals surface area contributed by atoms with Crippen molar-refractivity contribution in [2.75, 3.05) is 13.1 Å². The fraction of sp³-hybridized carbons (Fsp3) is 0.280. The largest absolute Gasteiger partial charge is 0.470 e. The van der Waals surface area contributed by atoms with E-state index in [4.69, 9.17) is 4.74 Å². The zero-order chi connectivity index (χ0) is 20.0. The lowest BCUT2D eigenvalue weighted by atomic mass is 9.92. The number of hydrazine groups is 1. The first kappa shape index (κ1) is 18.2. The molecule has 152 valence electrons. The molecule has 3 aliphatic heterocycles. The van der Waals surface area contributed by atoms with Crippen molar-refractivity contribution in [1.29, 1.82) is 0 Å². The number of hydrogen-bond donors (Lipinski definition) is 1. The number of nitrogens with zero attached hydrogens (tertiary/aromatic N) is 2. The number of thiophene rings is 1. The zero-order valence-corrected chi connectivity index (χ0v) is 17.6. The average molecular weight is 416 g/mol. The number of ether oxygens (including phenoxy) is 1. The standard InChI is InChI=1S/C25H25N3OS/c1-2-7-19(8-3-1)18-27-14-12-25(13-15-27)28-22(20-9-4-5-10-23(20)29-25)17-21(26-28)24-11-6-16-30-24/h1-11,16-17,22,26H,12-15,18H2/t22-/m0/s1. The van der Waals surface area contributed by atoms with E-state index in [0.29, 0.717) is 0 Å². The van der Waals surface area contributed by atoms with Gasteiger partial charge in [-0.1, -0.05) is 54.6 Å². The van der Waals surface area contributed by atoms with E-state index >= 15 is 0 Å². The summed E-state index contributed by atoms with van der Waals surface area (Å²) in [7, 11) is 0. The summed E-state index contributed by atoms with van der Waals surface area (Å²) in [4.78, 5) is 3.82. The molecule has 4 nitrogen and oxygen atoms in total. The molecule has 1 fully saturated rings. The summed E-state index contributed by atoms with van der Waals surface area (Å²) in [6.45, 7) is 3.05. The van der Waals surface area contributed by atoms with Crippen LogP contribution in [0.5, 0.6) is 5.75 Å². The van der Waals surface area contributed by atoms with Crippen molar-refractivity contribution in [2.45, 2.75) is 31.2 Å². The number of fused-ring (bicyclic) bond motifs is 4. The van der Waals surface area contributed by atoms with E-state index in [0.717, 1.165) is 38.2 Å². The van der Waals surface area contributed by atoms with E-state index < -0.39 is 0 Å². The average Bonchev–Trinajstić information content (AvgIpc) is 3.47. The molecule has 3 aromatic rings. The molecule has 1 saturated heterocycles. The van der Waals surface area contributed by atoms with Crippen LogP contribution in [0.1, 0.15) is 34.9 Å². The molecular formula is C25H25N3OS. The van der Waals surface area contributed by atoms with Gasteiger partial charge in [-0.05, 0) is 29.2 Å². The van der Waals surface area contributed by atoms with Crippen LogP contribution >= 0.6 is 11.3 Å². The Kier molecular flexibility index (Phi) is 4.41. The Bertz CT molecular complexity index is 1060. The molecule has 0 aliphatic carbocycles. The Morgan fingerprint density at radius 3 is 2.57 bits per heavy atom. The summed E-state index contributed by atoms with van der Waals surface area (Å²) >= 11 is 1.78. The summed E-state index contributed by atoms with van der Waals surface area (Å²) in [6.07, 6.45) is 4.32. The molecule has 0 unspecified atom stereocenters. The van der Waals surface area contributed by atoms with Gasteiger partial charge in [-0.2, -0.15) is 5.01 Å². The van der Waals surface area contributed by atoms with E-state index in [9.17, 15) is 0 Å². The van der Waals surface area contributed by atoms with Crippen LogP contribution in [0, 0.1) is 0 Å². The van der Waals surface area contributed by atoms with Crippen molar-refractivity contribution in [3.63, 3.8) is 0 Å². The van der Waals surface area contributed by atoms with Gasteiger partial charge in [-0.15, -0.1) is 11.3 Å². The normalized spacial score (nSPS) is 22.7. The molecule has 6 rings (SSSR count). The first-order chi connectivity index (χ1) is 14.8. The highest BCUT2D eigenvalue weighted by molar-refractivity contribution is 7.11. The second kappa shape index (κ2) is 7.27. The number of rotatable bonds is 3. The highest BCUT2D eigenvalue weighted by Gasteiger charge is 2.51. The summed E-state index contributed by atoms with van der Waals surface area (Å²) in [5, 5.41) is 4.52. The Morgan fingerprint density at radius 2 is 1.77 bits per heavy atom. The minimum Gasteiger partial charge on any atom is -0.470 e. The molecule has 1 atom stereocenters. The zero-order valence-electron chi connectivity index (χ0n) is 16.8. The van der Waals surface area contributed by atoms with Crippen LogP contribution in [0.15, 0.2) is 78.2 Å². The molecule has 0 bridgehead atoms. The molecule has 0 amide bonds. The molecule has 2 aromatic carbocycles. The molecule has 0 radical (unpaired) electrons. The second-order valence-corrected chi connectivity index (χ2v) is 9.28. The van der Waals surface area contributed by atoms with Gasteiger partial charge >= 0.3 is 0 Å². The molecule has 0 saturated carbocycles. The SMILES string of the molecule is C1=C(c2cccs2)NN2[C@@H]1c1ccccc1OC21CCN(Cc2ccccc2)CC1. The Morgan fingerprint density at radius 1 is 0.967 bits per heavy atom. The van der Waals surface area contributed by atoms with Gasteiger partial charge in [0.15, 0.2) is 5.72 Å². The number of benzene rings is 2. The van der Waals surface area contributed by atoms with Gasteiger partial charge in [-0.3, -0.25) is 4.90 Å². The van der Waals surface area contributed by atoms with Crippen LogP contribution in [0.4, 0.5) is 0 Å². The fourth-order valence-electron chi connectivity index (χ4n) is 4.94. The molecule has 1 aromatic heterocycles. The van der Waals surface area contributed by atoms with E-state index in [2.05, 4.69) is 93.5 Å². The predicted octanol–water partition coefficient (Wildman–Crippen LogP) is 5.04. The van der Waals surface area contributed by atoms with Crippen molar-refractivity contribution in [1.82, 2.24) is 15.3 Å². The van der Waals surface area contributed by atoms with Crippen LogP contribution in [0.2, 0.25) is 0 Å². The molecule has 4 heterocycles. The highest BCUT2D eigenvalue weighted by atomic mass is 32.1. The molecule has 1 spiro atoms. The van der Waals surface area contributed by atoms with Crippen molar-refractivity contribution in [3.05, 3.63) is 94.2 Å². The lowest BCUT2D eigenvalue weighted by Crippen LogP contribution is -2.63. The van der Waals surface area contributed by atoms with E-state index in [1.165, 1.54) is 21.7 Å². The monoisotopic (exact) mass is 415 g/mol. The van der Waals surface area contributed by atoms with E-state index in [1.807, 2.05) is 0 Å². The Balaban J connectivity index is 1.28. The lowest BCUT2D eigenvalue weighted by Gasteiger charge is -2.51. The van der Waals surface area contributed by atoms with Gasteiger partial charge in [-0.25, -0.2) is 0 Å². The first-order valence-electron chi connectivity index (χ1n) is 10.7. The number of nitrogens with one attached hydrogen (secondary N) is 1. The lowest BCUT2D eigenvalue weighted by molar-refractivity contribution is -0.160. The third-order valence-electron chi connectivity index (χ3n) is 6.49. The van der Waals surface area contributed by atoms with Gasteiger partial charge in [0.05, 0.1) is 16.6 Å². The molecule has 3 aliphatic rings. The van der Waals surface area contributed by atoms with Gasteiger partial charge in [0.1, 0.15) is 5.75 Å². The number of likely N-dealkylation sites (tertiary alicyclic amines) is 1. The smallest absolute Gasteiger partial charge is 0.182 e. The van der Waals surface area contributed by atoms with Gasteiger partial charge in [0.25, 0.3) is 0 Å². The highest BCUT2D eigenvalue weighted by Crippen LogP contribution is 2.48. The Labute approximate surface area is 181 Å². The minimum atomic E-state index is -0.318. The molecular weight excluding hydrogens is 390 g/mol. The fourth-order valence-corrected chi connectivity index (χ4v) is 5.64. The number of para-hydroxylation sites is 1. The van der Waals surface area contributed by atoms with E-state index in [-0.39, 0.29) is 11.8 Å². The molecule has 5 heteroatoms.